The summed E-state index contributed by atoms with van der Waals surface area (Å²) in [5.74, 6) is 0.949. The third-order valence-corrected chi connectivity index (χ3v) is 5.40. The summed E-state index contributed by atoms with van der Waals surface area (Å²) in [6.45, 7) is 8.74. The number of nitrogens with one attached hydrogen (secondary N) is 1. The number of aryl methyl sites for hydroxylation is 2. The Hall–Kier alpha value is -0.670. The average molecular weight is 464 g/mol. The Kier molecular flexibility index (Phi) is 9.08. The van der Waals surface area contributed by atoms with E-state index in [1.807, 2.05) is 11.3 Å². The van der Waals surface area contributed by atoms with Crippen LogP contribution >= 0.6 is 46.7 Å². The fraction of sp³-hybridized carbons (Fsp3) is 0.500. The summed E-state index contributed by atoms with van der Waals surface area (Å²) < 4.78 is 0. The molecule has 0 saturated heterocycles. The molecule has 0 radical (unpaired) electrons. The molecule has 0 spiro atoms. The number of halogens is 1. The van der Waals surface area contributed by atoms with Crippen molar-refractivity contribution in [2.75, 3.05) is 20.1 Å². The number of aromatic nitrogens is 1. The molecule has 0 aliphatic carbocycles. The first-order valence-corrected chi connectivity index (χ1v) is 9.24. The minimum absolute atomic E-state index is 0. The number of rotatable bonds is 6. The van der Waals surface area contributed by atoms with Crippen LogP contribution in [-0.4, -0.2) is 36.0 Å². The minimum Gasteiger partial charge on any atom is -0.357 e. The Morgan fingerprint density at radius 2 is 2.17 bits per heavy atom. The molecule has 1 N–H and O–H groups in total. The fourth-order valence-electron chi connectivity index (χ4n) is 2.06. The summed E-state index contributed by atoms with van der Waals surface area (Å²) in [4.78, 5) is 14.2. The topological polar surface area (TPSA) is 40.5 Å². The lowest BCUT2D eigenvalue weighted by molar-refractivity contribution is 0.486. The van der Waals surface area contributed by atoms with Gasteiger partial charge in [-0.3, -0.25) is 0 Å². The summed E-state index contributed by atoms with van der Waals surface area (Å²) in [7, 11) is 2.09. The van der Waals surface area contributed by atoms with Crippen LogP contribution in [0.5, 0.6) is 0 Å². The van der Waals surface area contributed by atoms with Crippen molar-refractivity contribution in [1.82, 2.24) is 15.2 Å². The predicted octanol–water partition coefficient (Wildman–Crippen LogP) is 4.08. The van der Waals surface area contributed by atoms with Crippen LogP contribution in [0.15, 0.2) is 22.5 Å². The molecule has 23 heavy (non-hydrogen) atoms. The molecule has 2 aromatic heterocycles. The molecule has 0 aliphatic rings. The summed E-state index contributed by atoms with van der Waals surface area (Å²) in [5, 5.41) is 6.57. The van der Waals surface area contributed by atoms with Gasteiger partial charge in [0.1, 0.15) is 5.01 Å². The zero-order valence-corrected chi connectivity index (χ0v) is 18.1. The van der Waals surface area contributed by atoms with Gasteiger partial charge in [-0.25, -0.2) is 9.98 Å². The molecule has 0 saturated carbocycles. The van der Waals surface area contributed by atoms with E-state index in [4.69, 9.17) is 4.99 Å². The second kappa shape index (κ2) is 10.2. The van der Waals surface area contributed by atoms with Gasteiger partial charge in [-0.05, 0) is 38.6 Å². The molecule has 7 heteroatoms. The van der Waals surface area contributed by atoms with Crippen molar-refractivity contribution < 1.29 is 0 Å². The van der Waals surface area contributed by atoms with Crippen LogP contribution in [0.25, 0.3) is 0 Å². The van der Waals surface area contributed by atoms with Crippen LogP contribution in [0.2, 0.25) is 0 Å². The van der Waals surface area contributed by atoms with Gasteiger partial charge in [0.05, 0.1) is 12.2 Å². The van der Waals surface area contributed by atoms with Gasteiger partial charge >= 0.3 is 0 Å². The zero-order chi connectivity index (χ0) is 15.9. The molecule has 2 rings (SSSR count). The molecule has 0 aliphatic heterocycles. The van der Waals surface area contributed by atoms with Crippen LogP contribution in [-0.2, 0) is 13.0 Å². The Morgan fingerprint density at radius 3 is 2.74 bits per heavy atom. The van der Waals surface area contributed by atoms with Crippen LogP contribution < -0.4 is 5.32 Å². The number of hydrogen-bond donors (Lipinski definition) is 1. The highest BCUT2D eigenvalue weighted by Crippen LogP contribution is 2.17. The molecule has 0 unspecified atom stereocenters. The van der Waals surface area contributed by atoms with Crippen molar-refractivity contribution in [1.29, 1.82) is 0 Å². The second-order valence-electron chi connectivity index (χ2n) is 5.17. The van der Waals surface area contributed by atoms with Crippen LogP contribution in [0.3, 0.4) is 0 Å². The number of guanidine groups is 1. The molecule has 0 fully saturated rings. The van der Waals surface area contributed by atoms with Crippen molar-refractivity contribution in [3.8, 4) is 0 Å². The largest absolute Gasteiger partial charge is 0.357 e. The summed E-state index contributed by atoms with van der Waals surface area (Å²) >= 11 is 3.54. The smallest absolute Gasteiger partial charge is 0.194 e. The molecule has 4 nitrogen and oxygen atoms in total. The van der Waals surface area contributed by atoms with Crippen molar-refractivity contribution >= 4 is 52.6 Å². The Labute approximate surface area is 164 Å². The summed E-state index contributed by atoms with van der Waals surface area (Å²) in [6, 6.07) is 4.29. The third kappa shape index (κ3) is 6.39. The van der Waals surface area contributed by atoms with E-state index in [9.17, 15) is 0 Å². The Balaban J connectivity index is 0.00000264. The quantitative estimate of drug-likeness (QED) is 0.398. The van der Waals surface area contributed by atoms with E-state index in [1.54, 1.807) is 11.3 Å². The molecule has 2 aromatic rings. The molecule has 2 heterocycles. The number of nitrogens with zero attached hydrogens (tertiary/aromatic N) is 3. The first-order chi connectivity index (χ1) is 10.6. The highest BCUT2D eigenvalue weighted by atomic mass is 127. The number of thiazole rings is 1. The van der Waals surface area contributed by atoms with E-state index in [2.05, 4.69) is 60.5 Å². The Bertz CT molecular complexity index is 588. The van der Waals surface area contributed by atoms with Crippen molar-refractivity contribution in [2.45, 2.75) is 33.7 Å². The number of aliphatic imine (C=N–C) groups is 1. The van der Waals surface area contributed by atoms with E-state index in [0.717, 1.165) is 36.2 Å². The zero-order valence-electron chi connectivity index (χ0n) is 14.1. The van der Waals surface area contributed by atoms with E-state index >= 15 is 0 Å². The van der Waals surface area contributed by atoms with Crippen LogP contribution in [0, 0.1) is 13.8 Å². The van der Waals surface area contributed by atoms with Crippen LogP contribution in [0.1, 0.15) is 27.4 Å². The SMILES string of the molecule is CCNC(=NCc1nc(C)c(C)s1)N(C)CCc1cccs1.I. The maximum Gasteiger partial charge on any atom is 0.194 e. The van der Waals surface area contributed by atoms with Gasteiger partial charge in [0.15, 0.2) is 5.96 Å². The molecule has 128 valence electrons. The third-order valence-electron chi connectivity index (χ3n) is 3.41. The van der Waals surface area contributed by atoms with Crippen LogP contribution in [0.4, 0.5) is 0 Å². The van der Waals surface area contributed by atoms with Crippen molar-refractivity contribution in [3.63, 3.8) is 0 Å². The lowest BCUT2D eigenvalue weighted by Crippen LogP contribution is -2.39. The molecular weight excluding hydrogens is 439 g/mol. The molecule has 0 aromatic carbocycles. The highest BCUT2D eigenvalue weighted by molar-refractivity contribution is 14.0. The first-order valence-electron chi connectivity index (χ1n) is 7.55. The van der Waals surface area contributed by atoms with E-state index in [-0.39, 0.29) is 24.0 Å². The predicted molar refractivity (Wildman–Crippen MR) is 112 cm³/mol. The number of hydrogen-bond acceptors (Lipinski definition) is 4. The fourth-order valence-corrected chi connectivity index (χ4v) is 3.61. The number of likely N-dealkylation sites (N-methyl/N-ethyl adjacent to an activating group) is 1. The van der Waals surface area contributed by atoms with Gasteiger partial charge < -0.3 is 10.2 Å². The minimum atomic E-state index is 0. The van der Waals surface area contributed by atoms with E-state index in [0.29, 0.717) is 6.54 Å². The second-order valence-corrected chi connectivity index (χ2v) is 7.49. The summed E-state index contributed by atoms with van der Waals surface area (Å²) in [5.41, 5.74) is 1.12. The van der Waals surface area contributed by atoms with Gasteiger partial charge in [0.25, 0.3) is 0 Å². The maximum absolute atomic E-state index is 4.72. The monoisotopic (exact) mass is 464 g/mol. The normalized spacial score (nSPS) is 11.2. The standard InChI is InChI=1S/C16H24N4S2.HI/c1-5-17-16(18-11-15-19-12(2)13(3)22-15)20(4)9-8-14-7-6-10-21-14;/h6-7,10H,5,8-9,11H2,1-4H3,(H,17,18);1H. The van der Waals surface area contributed by atoms with Gasteiger partial charge in [0.2, 0.25) is 0 Å². The molecule has 0 amide bonds. The molecular formula is C16H25IN4S2. The molecule has 0 bridgehead atoms. The number of thiophene rings is 1. The lowest BCUT2D eigenvalue weighted by Gasteiger charge is -2.21. The first kappa shape index (κ1) is 20.4. The van der Waals surface area contributed by atoms with Gasteiger partial charge in [0, 0.05) is 29.9 Å². The maximum atomic E-state index is 4.72. The van der Waals surface area contributed by atoms with E-state index in [1.165, 1.54) is 9.75 Å². The van der Waals surface area contributed by atoms with Crippen molar-refractivity contribution in [3.05, 3.63) is 38.0 Å². The summed E-state index contributed by atoms with van der Waals surface area (Å²) in [6.07, 6.45) is 1.05. The molecule has 0 atom stereocenters. The van der Waals surface area contributed by atoms with Gasteiger partial charge in [-0.2, -0.15) is 0 Å². The van der Waals surface area contributed by atoms with Gasteiger partial charge in [-0.15, -0.1) is 46.7 Å². The Morgan fingerprint density at radius 1 is 1.39 bits per heavy atom. The average Bonchev–Trinajstić information content (AvgIpc) is 3.11. The van der Waals surface area contributed by atoms with Gasteiger partial charge in [-0.1, -0.05) is 6.07 Å². The lowest BCUT2D eigenvalue weighted by atomic mass is 10.3. The van der Waals surface area contributed by atoms with E-state index < -0.39 is 0 Å². The van der Waals surface area contributed by atoms with Crippen molar-refractivity contribution in [2.24, 2.45) is 4.99 Å². The highest BCUT2D eigenvalue weighted by Gasteiger charge is 2.08.